The average molecular weight is 324 g/mol. The standard InChI is InChI=1S/C18H22F2O3/c1-2-22-16(21)9-12-5-7-18(8-6-12)11-23-15-10-13(17(19)20)3-4-14(15)18/h3-4,10,12,17H,2,5-9,11H2,1H3. The van der Waals surface area contributed by atoms with Gasteiger partial charge >= 0.3 is 5.97 Å². The van der Waals surface area contributed by atoms with Gasteiger partial charge in [0.2, 0.25) is 0 Å². The van der Waals surface area contributed by atoms with Crippen LogP contribution in [0.5, 0.6) is 5.75 Å². The maximum atomic E-state index is 12.8. The van der Waals surface area contributed by atoms with Crippen molar-refractivity contribution in [3.8, 4) is 5.75 Å². The van der Waals surface area contributed by atoms with E-state index in [4.69, 9.17) is 9.47 Å². The molecule has 2 aliphatic rings. The number of rotatable bonds is 4. The minimum Gasteiger partial charge on any atom is -0.492 e. The molecule has 1 spiro atoms. The third-order valence-electron chi connectivity index (χ3n) is 5.16. The molecule has 1 aliphatic carbocycles. The lowest BCUT2D eigenvalue weighted by Gasteiger charge is -2.36. The van der Waals surface area contributed by atoms with Crippen LogP contribution in [0, 0.1) is 5.92 Å². The van der Waals surface area contributed by atoms with Crippen LogP contribution in [0.4, 0.5) is 8.78 Å². The van der Waals surface area contributed by atoms with E-state index in [9.17, 15) is 13.6 Å². The van der Waals surface area contributed by atoms with Crippen LogP contribution < -0.4 is 4.74 Å². The zero-order valence-electron chi connectivity index (χ0n) is 13.3. The number of hydrogen-bond donors (Lipinski definition) is 0. The quantitative estimate of drug-likeness (QED) is 0.770. The molecule has 0 bridgehead atoms. The van der Waals surface area contributed by atoms with Crippen molar-refractivity contribution < 1.29 is 23.0 Å². The van der Waals surface area contributed by atoms with E-state index in [1.807, 2.05) is 6.92 Å². The van der Waals surface area contributed by atoms with Crippen molar-refractivity contribution in [1.82, 2.24) is 0 Å². The zero-order chi connectivity index (χ0) is 16.4. The fourth-order valence-electron chi connectivity index (χ4n) is 3.83. The number of ether oxygens (including phenoxy) is 2. The highest BCUT2D eigenvalue weighted by molar-refractivity contribution is 5.69. The van der Waals surface area contributed by atoms with E-state index in [-0.39, 0.29) is 16.9 Å². The van der Waals surface area contributed by atoms with Gasteiger partial charge in [-0.15, -0.1) is 0 Å². The maximum absolute atomic E-state index is 12.8. The molecule has 3 rings (SSSR count). The van der Waals surface area contributed by atoms with Crippen molar-refractivity contribution >= 4 is 5.97 Å². The Balaban J connectivity index is 1.67. The lowest BCUT2D eigenvalue weighted by Crippen LogP contribution is -2.34. The van der Waals surface area contributed by atoms with Crippen LogP contribution in [0.1, 0.15) is 56.6 Å². The monoisotopic (exact) mass is 324 g/mol. The second-order valence-corrected chi connectivity index (χ2v) is 6.58. The molecule has 1 aromatic rings. The molecular weight excluding hydrogens is 302 g/mol. The molecule has 0 aromatic heterocycles. The zero-order valence-corrected chi connectivity index (χ0v) is 13.3. The average Bonchev–Trinajstić information content (AvgIpc) is 2.88. The first kappa shape index (κ1) is 16.2. The SMILES string of the molecule is CCOC(=O)CC1CCC2(CC1)COc1cc(C(F)F)ccc12. The van der Waals surface area contributed by atoms with Gasteiger partial charge in [0, 0.05) is 23.0 Å². The summed E-state index contributed by atoms with van der Waals surface area (Å²) in [6.07, 6.45) is 1.75. The largest absolute Gasteiger partial charge is 0.492 e. The summed E-state index contributed by atoms with van der Waals surface area (Å²) >= 11 is 0. The smallest absolute Gasteiger partial charge is 0.306 e. The molecule has 1 aromatic carbocycles. The number of fused-ring (bicyclic) bond motifs is 2. The van der Waals surface area contributed by atoms with Gasteiger partial charge in [0.25, 0.3) is 6.43 Å². The van der Waals surface area contributed by atoms with Gasteiger partial charge in [-0.25, -0.2) is 8.78 Å². The van der Waals surface area contributed by atoms with E-state index in [1.54, 1.807) is 6.07 Å². The Morgan fingerprint density at radius 2 is 2.13 bits per heavy atom. The predicted octanol–water partition coefficient (Wildman–Crippen LogP) is 4.40. The number of halogens is 2. The fraction of sp³-hybridized carbons (Fsp3) is 0.611. The first-order valence-electron chi connectivity index (χ1n) is 8.25. The number of benzene rings is 1. The molecule has 126 valence electrons. The van der Waals surface area contributed by atoms with Gasteiger partial charge in [0.05, 0.1) is 13.2 Å². The fourth-order valence-corrected chi connectivity index (χ4v) is 3.83. The molecular formula is C18H22F2O3. The summed E-state index contributed by atoms with van der Waals surface area (Å²) in [5.41, 5.74) is 0.995. The van der Waals surface area contributed by atoms with Crippen LogP contribution >= 0.6 is 0 Å². The molecule has 0 radical (unpaired) electrons. The highest BCUT2D eigenvalue weighted by Gasteiger charge is 2.43. The van der Waals surface area contributed by atoms with Gasteiger partial charge < -0.3 is 9.47 Å². The maximum Gasteiger partial charge on any atom is 0.306 e. The number of hydrogen-bond acceptors (Lipinski definition) is 3. The number of esters is 1. The minimum atomic E-state index is -2.47. The topological polar surface area (TPSA) is 35.5 Å². The van der Waals surface area contributed by atoms with E-state index in [0.717, 1.165) is 31.2 Å². The Kier molecular flexibility index (Phi) is 4.55. The van der Waals surface area contributed by atoms with Crippen molar-refractivity contribution in [3.63, 3.8) is 0 Å². The molecule has 1 heterocycles. The summed E-state index contributed by atoms with van der Waals surface area (Å²) in [5.74, 6) is 0.828. The van der Waals surface area contributed by atoms with Crippen LogP contribution in [-0.2, 0) is 14.9 Å². The van der Waals surface area contributed by atoms with E-state index >= 15 is 0 Å². The Hall–Kier alpha value is -1.65. The Labute approximate surface area is 135 Å². The summed E-state index contributed by atoms with van der Waals surface area (Å²) in [4.78, 5) is 11.6. The highest BCUT2D eigenvalue weighted by atomic mass is 19.3. The van der Waals surface area contributed by atoms with E-state index < -0.39 is 6.43 Å². The van der Waals surface area contributed by atoms with Gasteiger partial charge in [-0.2, -0.15) is 0 Å². The van der Waals surface area contributed by atoms with Crippen LogP contribution in [0.25, 0.3) is 0 Å². The molecule has 0 atom stereocenters. The molecule has 3 nitrogen and oxygen atoms in total. The van der Waals surface area contributed by atoms with Crippen LogP contribution in [0.15, 0.2) is 18.2 Å². The minimum absolute atomic E-state index is 0.0109. The van der Waals surface area contributed by atoms with E-state index in [2.05, 4.69) is 0 Å². The summed E-state index contributed by atoms with van der Waals surface area (Å²) in [5, 5.41) is 0. The molecule has 0 saturated heterocycles. The Morgan fingerprint density at radius 1 is 1.39 bits per heavy atom. The normalized spacial score (nSPS) is 26.2. The lowest BCUT2D eigenvalue weighted by molar-refractivity contribution is -0.144. The van der Waals surface area contributed by atoms with Crippen molar-refractivity contribution in [2.45, 2.75) is 50.9 Å². The number of carbonyl (C=O) groups is 1. The van der Waals surface area contributed by atoms with Crippen molar-refractivity contribution in [3.05, 3.63) is 29.3 Å². The van der Waals surface area contributed by atoms with Gasteiger partial charge in [0.15, 0.2) is 0 Å². The first-order chi connectivity index (χ1) is 11.0. The van der Waals surface area contributed by atoms with E-state index in [0.29, 0.717) is 31.3 Å². The molecule has 23 heavy (non-hydrogen) atoms. The van der Waals surface area contributed by atoms with Gasteiger partial charge in [-0.3, -0.25) is 4.79 Å². The molecule has 1 saturated carbocycles. The third-order valence-corrected chi connectivity index (χ3v) is 5.16. The van der Waals surface area contributed by atoms with E-state index in [1.165, 1.54) is 12.1 Å². The molecule has 5 heteroatoms. The third kappa shape index (κ3) is 3.19. The van der Waals surface area contributed by atoms with Gasteiger partial charge in [0.1, 0.15) is 5.75 Å². The molecule has 1 aliphatic heterocycles. The molecule has 1 fully saturated rings. The van der Waals surface area contributed by atoms with Crippen molar-refractivity contribution in [2.75, 3.05) is 13.2 Å². The molecule has 0 unspecified atom stereocenters. The van der Waals surface area contributed by atoms with Crippen molar-refractivity contribution in [1.29, 1.82) is 0 Å². The first-order valence-corrected chi connectivity index (χ1v) is 8.25. The Bertz CT molecular complexity index is 578. The summed E-state index contributed by atoms with van der Waals surface area (Å²) in [7, 11) is 0. The van der Waals surface area contributed by atoms with Gasteiger partial charge in [-0.1, -0.05) is 12.1 Å². The molecule has 0 amide bonds. The number of carbonyl (C=O) groups excluding carboxylic acids is 1. The Morgan fingerprint density at radius 3 is 2.78 bits per heavy atom. The highest BCUT2D eigenvalue weighted by Crippen LogP contribution is 2.50. The summed E-state index contributed by atoms with van der Waals surface area (Å²) < 4.78 is 36.3. The van der Waals surface area contributed by atoms with Crippen LogP contribution in [0.2, 0.25) is 0 Å². The van der Waals surface area contributed by atoms with Crippen LogP contribution in [0.3, 0.4) is 0 Å². The number of alkyl halides is 2. The lowest BCUT2D eigenvalue weighted by atomic mass is 9.67. The molecule has 0 N–H and O–H groups in total. The summed E-state index contributed by atoms with van der Waals surface area (Å²) in [6, 6.07) is 4.78. The van der Waals surface area contributed by atoms with Crippen molar-refractivity contribution in [2.24, 2.45) is 5.92 Å². The van der Waals surface area contributed by atoms with Crippen LogP contribution in [-0.4, -0.2) is 19.2 Å². The van der Waals surface area contributed by atoms with Gasteiger partial charge in [-0.05, 0) is 44.6 Å². The predicted molar refractivity (Wildman–Crippen MR) is 81.8 cm³/mol. The second kappa shape index (κ2) is 6.46. The second-order valence-electron chi connectivity index (χ2n) is 6.58. The summed E-state index contributed by atoms with van der Waals surface area (Å²) in [6.45, 7) is 2.79.